The third kappa shape index (κ3) is 2.85. The number of nitrogens with zero attached hydrogens (tertiary/aromatic N) is 4. The van der Waals surface area contributed by atoms with Gasteiger partial charge in [0, 0.05) is 12.4 Å². The van der Waals surface area contributed by atoms with Crippen molar-refractivity contribution < 1.29 is 18.9 Å². The van der Waals surface area contributed by atoms with Crippen molar-refractivity contribution in [2.45, 2.75) is 0 Å². The quantitative estimate of drug-likeness (QED) is 0.786. The molecule has 122 valence electrons. The molecule has 4 aliphatic rings. The molecule has 0 spiro atoms. The van der Waals surface area contributed by atoms with Gasteiger partial charge in [0.25, 0.3) is 0 Å². The summed E-state index contributed by atoms with van der Waals surface area (Å²) in [4.78, 5) is 17.1. The van der Waals surface area contributed by atoms with Crippen molar-refractivity contribution in [3.63, 3.8) is 0 Å². The molecule has 8 nitrogen and oxygen atoms in total. The van der Waals surface area contributed by atoms with Crippen LogP contribution in [0.3, 0.4) is 0 Å². The molecule has 4 heterocycles. The summed E-state index contributed by atoms with van der Waals surface area (Å²) in [6.45, 7) is 1.53. The molecule has 0 aromatic heterocycles. The minimum absolute atomic E-state index is 0.273. The molecule has 0 bridgehead atoms. The van der Waals surface area contributed by atoms with Crippen molar-refractivity contribution in [3.8, 4) is 0 Å². The molecule has 0 unspecified atom stereocenters. The maximum atomic E-state index is 5.78. The molecule has 0 radical (unpaired) electrons. The van der Waals surface area contributed by atoms with Crippen molar-refractivity contribution in [2.24, 2.45) is 20.0 Å². The fourth-order valence-corrected chi connectivity index (χ4v) is 2.36. The molecular formula is C16H14N4O4. The molecule has 24 heavy (non-hydrogen) atoms. The number of hydrogen-bond acceptors (Lipinski definition) is 8. The minimum atomic E-state index is 0.273. The smallest absolute Gasteiger partial charge is 0.222 e. The van der Waals surface area contributed by atoms with E-state index in [1.54, 1.807) is 12.4 Å². The van der Waals surface area contributed by atoms with E-state index in [2.05, 4.69) is 20.0 Å². The lowest BCUT2D eigenvalue weighted by Crippen LogP contribution is -2.26. The molecular weight excluding hydrogens is 312 g/mol. The van der Waals surface area contributed by atoms with Gasteiger partial charge in [0.1, 0.15) is 32.1 Å². The van der Waals surface area contributed by atoms with Crippen LogP contribution in [0.15, 0.2) is 67.1 Å². The van der Waals surface area contributed by atoms with Crippen LogP contribution in [0, 0.1) is 0 Å². The SMILES string of the molecule is C1=CN=C(C2=C(C3=CCOC=N3)N=C(C3=CN=COC3)OC2)OC1. The normalized spacial score (nSPS) is 22.3. The molecule has 0 aliphatic carbocycles. The Morgan fingerprint density at radius 3 is 2.71 bits per heavy atom. The Morgan fingerprint density at radius 1 is 0.958 bits per heavy atom. The van der Waals surface area contributed by atoms with Crippen LogP contribution in [0.2, 0.25) is 0 Å². The second-order valence-electron chi connectivity index (χ2n) is 5.04. The van der Waals surface area contributed by atoms with E-state index in [9.17, 15) is 0 Å². The van der Waals surface area contributed by atoms with Gasteiger partial charge in [0.15, 0.2) is 12.8 Å². The Balaban J connectivity index is 1.77. The lowest BCUT2D eigenvalue weighted by Gasteiger charge is -2.23. The summed E-state index contributed by atoms with van der Waals surface area (Å²) in [6.07, 6.45) is 9.85. The Hall–Kier alpha value is -3.16. The van der Waals surface area contributed by atoms with Gasteiger partial charge in [-0.1, -0.05) is 0 Å². The van der Waals surface area contributed by atoms with E-state index in [4.69, 9.17) is 18.9 Å². The van der Waals surface area contributed by atoms with Crippen molar-refractivity contribution >= 4 is 24.6 Å². The average Bonchev–Trinajstić information content (AvgIpc) is 2.69. The van der Waals surface area contributed by atoms with E-state index in [0.29, 0.717) is 43.0 Å². The number of aliphatic imine (C=N–C) groups is 4. The van der Waals surface area contributed by atoms with Gasteiger partial charge in [-0.05, 0) is 12.2 Å². The average molecular weight is 326 g/mol. The molecule has 4 aliphatic heterocycles. The molecule has 0 saturated heterocycles. The zero-order valence-electron chi connectivity index (χ0n) is 12.7. The standard InChI is InChI=1S/C16H14N4O4/c1-3-18-16(23-4-1)12-8-24-15(11-6-17-9-22-7-11)20-14(12)13-2-5-21-10-19-13/h1-3,6,9-10H,4-5,7-8H2. The highest BCUT2D eigenvalue weighted by molar-refractivity contribution is 6.01. The van der Waals surface area contributed by atoms with E-state index in [1.807, 2.05) is 12.2 Å². The molecule has 0 saturated carbocycles. The summed E-state index contributed by atoms with van der Waals surface area (Å²) >= 11 is 0. The Bertz CT molecular complexity index is 784. The zero-order valence-corrected chi connectivity index (χ0v) is 12.7. The minimum Gasteiger partial charge on any atom is -0.479 e. The summed E-state index contributed by atoms with van der Waals surface area (Å²) in [6, 6.07) is 0. The lowest BCUT2D eigenvalue weighted by molar-refractivity contribution is 0.300. The van der Waals surface area contributed by atoms with E-state index < -0.39 is 0 Å². The predicted molar refractivity (Wildman–Crippen MR) is 88.0 cm³/mol. The maximum Gasteiger partial charge on any atom is 0.222 e. The summed E-state index contributed by atoms with van der Waals surface area (Å²) in [5.41, 5.74) is 2.85. The fraction of sp³-hybridized carbons (Fsp3) is 0.250. The maximum absolute atomic E-state index is 5.78. The molecule has 4 rings (SSSR count). The van der Waals surface area contributed by atoms with Gasteiger partial charge in [-0.15, -0.1) is 0 Å². The summed E-state index contributed by atoms with van der Waals surface area (Å²) < 4.78 is 21.7. The zero-order chi connectivity index (χ0) is 16.2. The van der Waals surface area contributed by atoms with Crippen LogP contribution >= 0.6 is 0 Å². The van der Waals surface area contributed by atoms with E-state index in [0.717, 1.165) is 11.1 Å². The largest absolute Gasteiger partial charge is 0.479 e. The van der Waals surface area contributed by atoms with Gasteiger partial charge in [0.2, 0.25) is 11.8 Å². The third-order valence-corrected chi connectivity index (χ3v) is 3.49. The molecule has 0 aromatic rings. The van der Waals surface area contributed by atoms with Crippen molar-refractivity contribution in [1.29, 1.82) is 0 Å². The number of ether oxygens (including phenoxy) is 4. The summed E-state index contributed by atoms with van der Waals surface area (Å²) in [5.74, 6) is 0.949. The molecule has 8 heteroatoms. The first kappa shape index (κ1) is 14.4. The van der Waals surface area contributed by atoms with Gasteiger partial charge in [-0.3, -0.25) is 0 Å². The fourth-order valence-electron chi connectivity index (χ4n) is 2.36. The van der Waals surface area contributed by atoms with Crippen molar-refractivity contribution in [2.75, 3.05) is 26.4 Å². The lowest BCUT2D eigenvalue weighted by atomic mass is 10.1. The van der Waals surface area contributed by atoms with Gasteiger partial charge in [-0.25, -0.2) is 20.0 Å². The Labute approximate surface area is 137 Å². The van der Waals surface area contributed by atoms with Crippen LogP contribution in [0.4, 0.5) is 0 Å². The van der Waals surface area contributed by atoms with Crippen LogP contribution < -0.4 is 0 Å². The van der Waals surface area contributed by atoms with E-state index >= 15 is 0 Å². The molecule has 0 fully saturated rings. The van der Waals surface area contributed by atoms with Gasteiger partial charge in [0.05, 0.1) is 16.8 Å². The van der Waals surface area contributed by atoms with Crippen LogP contribution in [0.5, 0.6) is 0 Å². The van der Waals surface area contributed by atoms with Gasteiger partial charge >= 0.3 is 0 Å². The topological polar surface area (TPSA) is 86.4 Å². The first-order valence-electron chi connectivity index (χ1n) is 7.40. The second kappa shape index (κ2) is 6.53. The van der Waals surface area contributed by atoms with Crippen molar-refractivity contribution in [3.05, 3.63) is 47.1 Å². The van der Waals surface area contributed by atoms with E-state index in [-0.39, 0.29) is 6.61 Å². The molecule has 0 aromatic carbocycles. The van der Waals surface area contributed by atoms with Gasteiger partial charge in [-0.2, -0.15) is 0 Å². The highest BCUT2D eigenvalue weighted by atomic mass is 16.5. The Kier molecular flexibility index (Phi) is 3.93. The highest BCUT2D eigenvalue weighted by Gasteiger charge is 2.27. The number of hydrogen-bond donors (Lipinski definition) is 0. The van der Waals surface area contributed by atoms with Gasteiger partial charge < -0.3 is 18.9 Å². The Morgan fingerprint density at radius 2 is 1.96 bits per heavy atom. The monoisotopic (exact) mass is 326 g/mol. The second-order valence-corrected chi connectivity index (χ2v) is 5.04. The predicted octanol–water partition coefficient (Wildman–Crippen LogP) is 1.50. The first-order chi connectivity index (χ1) is 11.9. The van der Waals surface area contributed by atoms with Crippen LogP contribution in [-0.4, -0.2) is 51.0 Å². The van der Waals surface area contributed by atoms with Crippen LogP contribution in [0.25, 0.3) is 0 Å². The highest BCUT2D eigenvalue weighted by Crippen LogP contribution is 2.27. The molecule has 0 N–H and O–H groups in total. The summed E-state index contributed by atoms with van der Waals surface area (Å²) in [5, 5.41) is 0. The number of rotatable bonds is 3. The first-order valence-corrected chi connectivity index (χ1v) is 7.40. The molecule has 0 amide bonds. The molecule has 0 atom stereocenters. The third-order valence-electron chi connectivity index (χ3n) is 3.49. The van der Waals surface area contributed by atoms with Crippen LogP contribution in [-0.2, 0) is 18.9 Å². The summed E-state index contributed by atoms with van der Waals surface area (Å²) in [7, 11) is 0. The van der Waals surface area contributed by atoms with E-state index in [1.165, 1.54) is 12.8 Å². The van der Waals surface area contributed by atoms with Crippen molar-refractivity contribution in [1.82, 2.24) is 0 Å². The van der Waals surface area contributed by atoms with Crippen LogP contribution in [0.1, 0.15) is 0 Å².